The highest BCUT2D eigenvalue weighted by Crippen LogP contribution is 2.35. The second-order valence-electron chi connectivity index (χ2n) is 8.44. The Balaban J connectivity index is 1.97. The molecule has 0 saturated heterocycles. The Morgan fingerprint density at radius 1 is 0.966 bits per heavy atom. The Morgan fingerprint density at radius 2 is 1.66 bits per heavy atom. The molecule has 0 spiro atoms. The molecule has 0 radical (unpaired) electrons. The molecule has 0 fully saturated rings. The van der Waals surface area contributed by atoms with Gasteiger partial charge in [0.25, 0.3) is 0 Å². The maximum absolute atomic E-state index is 6.52. The summed E-state index contributed by atoms with van der Waals surface area (Å²) in [5, 5.41) is 9.02. The fourth-order valence-electron chi connectivity index (χ4n) is 3.36. The smallest absolute Gasteiger partial charge is 0.165 e. The van der Waals surface area contributed by atoms with Crippen LogP contribution in [0.3, 0.4) is 0 Å². The molecule has 4 nitrogen and oxygen atoms in total. The van der Waals surface area contributed by atoms with Crippen LogP contribution in [0.5, 0.6) is 0 Å². The highest BCUT2D eigenvalue weighted by Gasteiger charge is 2.23. The number of halogens is 1. The number of hydrogen-bond donors (Lipinski definition) is 1. The van der Waals surface area contributed by atoms with Crippen LogP contribution in [0.25, 0.3) is 16.8 Å². The lowest BCUT2D eigenvalue weighted by Crippen LogP contribution is -2.16. The molecule has 0 aliphatic rings. The minimum atomic E-state index is -0.110. The summed E-state index contributed by atoms with van der Waals surface area (Å²) >= 11 is 6.52. The summed E-state index contributed by atoms with van der Waals surface area (Å²) in [4.78, 5) is 5.00. The first kappa shape index (κ1) is 19.5. The van der Waals surface area contributed by atoms with Crippen molar-refractivity contribution in [1.29, 1.82) is 0 Å². The molecule has 0 unspecified atom stereocenters. The second-order valence-corrected chi connectivity index (χ2v) is 8.85. The first-order chi connectivity index (χ1) is 13.7. The van der Waals surface area contributed by atoms with Gasteiger partial charge >= 0.3 is 0 Å². The summed E-state index contributed by atoms with van der Waals surface area (Å²) in [5.41, 5.74) is 6.72. The molecule has 4 rings (SSSR count). The van der Waals surface area contributed by atoms with Crippen molar-refractivity contribution in [2.45, 2.75) is 40.0 Å². The van der Waals surface area contributed by atoms with E-state index < -0.39 is 0 Å². The largest absolute Gasteiger partial charge is 0.340 e. The summed E-state index contributed by atoms with van der Waals surface area (Å²) in [6, 6.07) is 18.3. The molecule has 0 aliphatic carbocycles. The van der Waals surface area contributed by atoms with Crippen molar-refractivity contribution in [3.8, 4) is 11.1 Å². The van der Waals surface area contributed by atoms with Crippen molar-refractivity contribution in [3.63, 3.8) is 0 Å². The summed E-state index contributed by atoms with van der Waals surface area (Å²) in [5.74, 6) is 0.880. The van der Waals surface area contributed by atoms with E-state index in [0.29, 0.717) is 5.02 Å². The molecule has 0 saturated carbocycles. The van der Waals surface area contributed by atoms with E-state index in [9.17, 15) is 0 Å². The van der Waals surface area contributed by atoms with Crippen molar-refractivity contribution in [2.75, 3.05) is 5.32 Å². The second kappa shape index (κ2) is 7.20. The number of anilines is 2. The Morgan fingerprint density at radius 3 is 2.31 bits per heavy atom. The summed E-state index contributed by atoms with van der Waals surface area (Å²) in [7, 11) is 0. The van der Waals surface area contributed by atoms with Crippen LogP contribution in [-0.4, -0.2) is 14.6 Å². The van der Waals surface area contributed by atoms with Crippen LogP contribution in [0.4, 0.5) is 11.5 Å². The van der Waals surface area contributed by atoms with E-state index in [-0.39, 0.29) is 5.41 Å². The molecule has 2 heterocycles. The summed E-state index contributed by atoms with van der Waals surface area (Å²) in [6.07, 6.45) is 0. The minimum absolute atomic E-state index is 0.110. The maximum atomic E-state index is 6.52. The van der Waals surface area contributed by atoms with Gasteiger partial charge in [-0.3, -0.25) is 0 Å². The molecule has 0 aliphatic heterocycles. The van der Waals surface area contributed by atoms with E-state index in [0.717, 1.165) is 39.7 Å². The number of benzene rings is 2. The van der Waals surface area contributed by atoms with E-state index in [1.54, 1.807) is 0 Å². The molecular formula is C24H25ClN4. The zero-order valence-electron chi connectivity index (χ0n) is 17.4. The minimum Gasteiger partial charge on any atom is -0.340 e. The number of hydrogen-bond acceptors (Lipinski definition) is 3. The Bertz CT molecular complexity index is 1180. The third-order valence-electron chi connectivity index (χ3n) is 5.00. The number of nitrogens with one attached hydrogen (secondary N) is 1. The zero-order chi connectivity index (χ0) is 20.8. The van der Waals surface area contributed by atoms with E-state index in [1.807, 2.05) is 35.7 Å². The van der Waals surface area contributed by atoms with E-state index >= 15 is 0 Å². The van der Waals surface area contributed by atoms with Crippen LogP contribution in [0, 0.1) is 13.8 Å². The number of fused-ring (bicyclic) bond motifs is 1. The van der Waals surface area contributed by atoms with E-state index in [4.69, 9.17) is 21.7 Å². The van der Waals surface area contributed by atoms with Crippen LogP contribution in [0.1, 0.15) is 37.7 Å². The van der Waals surface area contributed by atoms with Crippen LogP contribution >= 0.6 is 11.6 Å². The molecule has 0 amide bonds. The molecule has 5 heteroatoms. The van der Waals surface area contributed by atoms with Gasteiger partial charge in [0.15, 0.2) is 5.65 Å². The van der Waals surface area contributed by atoms with E-state index in [1.165, 1.54) is 5.56 Å². The molecule has 1 N–H and O–H groups in total. The predicted octanol–water partition coefficient (Wildman–Crippen LogP) is 6.71. The maximum Gasteiger partial charge on any atom is 0.165 e. The van der Waals surface area contributed by atoms with Crippen molar-refractivity contribution in [3.05, 3.63) is 76.6 Å². The molecule has 2 aromatic heterocycles. The normalized spacial score (nSPS) is 11.8. The average molecular weight is 405 g/mol. The van der Waals surface area contributed by atoms with Crippen LogP contribution in [0.15, 0.2) is 54.6 Å². The SMILES string of the molecule is Cc1ccc(Nc2cc(C(C)(C)C)nc3c(-c4ccccc4Cl)c(C)nn23)cc1. The van der Waals surface area contributed by atoms with Gasteiger partial charge in [-0.15, -0.1) is 0 Å². The van der Waals surface area contributed by atoms with Crippen LogP contribution < -0.4 is 5.32 Å². The van der Waals surface area contributed by atoms with Crippen molar-refractivity contribution in [2.24, 2.45) is 0 Å². The number of aryl methyl sites for hydroxylation is 2. The standard InChI is InChI=1S/C24H25ClN4/c1-15-10-12-17(13-11-15)26-21-14-20(24(3,4)5)27-23-22(16(2)28-29(21)23)18-8-6-7-9-19(18)25/h6-14,26H,1-5H3. The zero-order valence-corrected chi connectivity index (χ0v) is 18.2. The Labute approximate surface area is 176 Å². The Kier molecular flexibility index (Phi) is 4.83. The number of nitrogens with zero attached hydrogens (tertiary/aromatic N) is 3. The lowest BCUT2D eigenvalue weighted by molar-refractivity contribution is 0.569. The molecular weight excluding hydrogens is 380 g/mol. The lowest BCUT2D eigenvalue weighted by atomic mass is 9.92. The molecule has 29 heavy (non-hydrogen) atoms. The first-order valence-corrected chi connectivity index (χ1v) is 10.1. The van der Waals surface area contributed by atoms with Gasteiger partial charge in [-0.1, -0.05) is 68.3 Å². The number of aromatic nitrogens is 3. The summed E-state index contributed by atoms with van der Waals surface area (Å²) in [6.45, 7) is 10.6. The highest BCUT2D eigenvalue weighted by molar-refractivity contribution is 6.33. The van der Waals surface area contributed by atoms with Gasteiger partial charge in [0.2, 0.25) is 0 Å². The molecule has 2 aromatic carbocycles. The van der Waals surface area contributed by atoms with Gasteiger partial charge in [-0.25, -0.2) is 4.98 Å². The van der Waals surface area contributed by atoms with Crippen molar-refractivity contribution < 1.29 is 0 Å². The fourth-order valence-corrected chi connectivity index (χ4v) is 3.59. The first-order valence-electron chi connectivity index (χ1n) is 9.73. The van der Waals surface area contributed by atoms with Gasteiger partial charge in [0.1, 0.15) is 5.82 Å². The highest BCUT2D eigenvalue weighted by atomic mass is 35.5. The van der Waals surface area contributed by atoms with Gasteiger partial charge in [-0.05, 0) is 32.0 Å². The Hall–Kier alpha value is -2.85. The van der Waals surface area contributed by atoms with Crippen LogP contribution in [-0.2, 0) is 5.41 Å². The quantitative estimate of drug-likeness (QED) is 0.412. The predicted molar refractivity (Wildman–Crippen MR) is 121 cm³/mol. The number of rotatable bonds is 3. The van der Waals surface area contributed by atoms with Crippen molar-refractivity contribution >= 4 is 28.8 Å². The summed E-state index contributed by atoms with van der Waals surface area (Å²) < 4.78 is 1.88. The monoisotopic (exact) mass is 404 g/mol. The molecule has 4 aromatic rings. The van der Waals surface area contributed by atoms with Gasteiger partial charge < -0.3 is 5.32 Å². The van der Waals surface area contributed by atoms with Gasteiger partial charge in [0.05, 0.1) is 17.0 Å². The average Bonchev–Trinajstić information content (AvgIpc) is 2.99. The molecule has 148 valence electrons. The van der Waals surface area contributed by atoms with E-state index in [2.05, 4.69) is 63.3 Å². The molecule has 0 atom stereocenters. The van der Waals surface area contributed by atoms with Crippen LogP contribution in [0.2, 0.25) is 5.02 Å². The lowest BCUT2D eigenvalue weighted by Gasteiger charge is -2.20. The molecule has 0 bridgehead atoms. The fraction of sp³-hybridized carbons (Fsp3) is 0.250. The topological polar surface area (TPSA) is 42.2 Å². The third-order valence-corrected chi connectivity index (χ3v) is 5.33. The van der Waals surface area contributed by atoms with Gasteiger partial charge in [0, 0.05) is 27.8 Å². The van der Waals surface area contributed by atoms with Crippen molar-refractivity contribution in [1.82, 2.24) is 14.6 Å². The van der Waals surface area contributed by atoms with Gasteiger partial charge in [-0.2, -0.15) is 9.61 Å². The third kappa shape index (κ3) is 3.73.